The van der Waals surface area contributed by atoms with Crippen molar-refractivity contribution in [3.05, 3.63) is 48.0 Å². The van der Waals surface area contributed by atoms with Gasteiger partial charge in [-0.3, -0.25) is 4.79 Å². The lowest BCUT2D eigenvalue weighted by atomic mass is 9.76. The van der Waals surface area contributed by atoms with Gasteiger partial charge in [0, 0.05) is 6.54 Å². The van der Waals surface area contributed by atoms with Gasteiger partial charge in [-0.2, -0.15) is 13.2 Å². The van der Waals surface area contributed by atoms with Gasteiger partial charge in [0.15, 0.2) is 0 Å². The lowest BCUT2D eigenvalue weighted by Crippen LogP contribution is -2.49. The van der Waals surface area contributed by atoms with Crippen LogP contribution in [0.3, 0.4) is 0 Å². The van der Waals surface area contributed by atoms with Gasteiger partial charge in [0.25, 0.3) is 0 Å². The number of hydrogen-bond acceptors (Lipinski definition) is 5. The van der Waals surface area contributed by atoms with Crippen molar-refractivity contribution in [3.63, 3.8) is 0 Å². The van der Waals surface area contributed by atoms with Gasteiger partial charge in [0.05, 0.1) is 18.0 Å². The lowest BCUT2D eigenvalue weighted by molar-refractivity contribution is -0.137. The van der Waals surface area contributed by atoms with Crippen LogP contribution in [0.15, 0.2) is 36.9 Å². The summed E-state index contributed by atoms with van der Waals surface area (Å²) < 4.78 is 43.1. The number of nitrogens with one attached hydrogen (secondary N) is 1. The van der Waals surface area contributed by atoms with Gasteiger partial charge >= 0.3 is 19.4 Å². The van der Waals surface area contributed by atoms with Crippen LogP contribution in [0.2, 0.25) is 0 Å². The van der Waals surface area contributed by atoms with E-state index in [0.29, 0.717) is 24.9 Å². The monoisotopic (exact) mass is 428 g/mol. The first-order valence-corrected chi connectivity index (χ1v) is 9.51. The van der Waals surface area contributed by atoms with Gasteiger partial charge in [0.2, 0.25) is 5.91 Å². The van der Waals surface area contributed by atoms with Gasteiger partial charge in [-0.05, 0) is 49.5 Å². The Morgan fingerprint density at radius 2 is 2.00 bits per heavy atom. The molecule has 3 N–H and O–H groups in total. The number of nitrogens with zero attached hydrogens (tertiary/aromatic N) is 1. The zero-order chi connectivity index (χ0) is 22.3. The third-order valence-electron chi connectivity index (χ3n) is 4.83. The van der Waals surface area contributed by atoms with Crippen LogP contribution in [0.4, 0.5) is 18.0 Å². The normalized spacial score (nSPS) is 17.8. The Morgan fingerprint density at radius 1 is 1.33 bits per heavy atom. The van der Waals surface area contributed by atoms with Crippen LogP contribution in [0.5, 0.6) is 0 Å². The van der Waals surface area contributed by atoms with E-state index < -0.39 is 37.0 Å². The molecular weight excluding hydrogens is 404 g/mol. The van der Waals surface area contributed by atoms with E-state index >= 15 is 0 Å². The lowest BCUT2D eigenvalue weighted by Gasteiger charge is -2.32. The third kappa shape index (κ3) is 7.07. The van der Waals surface area contributed by atoms with Crippen molar-refractivity contribution in [1.82, 2.24) is 10.2 Å². The van der Waals surface area contributed by atoms with Crippen LogP contribution in [0, 0.1) is 0 Å². The van der Waals surface area contributed by atoms with E-state index in [4.69, 9.17) is 4.74 Å². The van der Waals surface area contributed by atoms with Crippen LogP contribution in [0.25, 0.3) is 0 Å². The van der Waals surface area contributed by atoms with Gasteiger partial charge in [-0.1, -0.05) is 18.7 Å². The van der Waals surface area contributed by atoms with Crippen LogP contribution in [-0.4, -0.2) is 59.2 Å². The molecule has 2 amide bonds. The highest BCUT2D eigenvalue weighted by molar-refractivity contribution is 6.43. The van der Waals surface area contributed by atoms with E-state index in [1.54, 1.807) is 0 Å². The molecule has 1 aliphatic heterocycles. The average Bonchev–Trinajstić information content (AvgIpc) is 2.70. The number of piperidine rings is 1. The Hall–Kier alpha value is -2.53. The maximum atomic E-state index is 12.6. The zero-order valence-corrected chi connectivity index (χ0v) is 16.3. The molecule has 1 aromatic rings. The van der Waals surface area contributed by atoms with Crippen LogP contribution in [0.1, 0.15) is 30.4 Å². The minimum absolute atomic E-state index is 0.0733. The van der Waals surface area contributed by atoms with E-state index in [9.17, 15) is 32.8 Å². The number of ether oxygens (including phenoxy) is 1. The second-order valence-electron chi connectivity index (χ2n) is 7.06. The molecule has 0 radical (unpaired) electrons. The number of rotatable bonds is 7. The largest absolute Gasteiger partial charge is 0.475 e. The molecule has 0 bridgehead atoms. The maximum Gasteiger partial charge on any atom is 0.475 e. The van der Waals surface area contributed by atoms with Gasteiger partial charge in [-0.25, -0.2) is 4.79 Å². The molecule has 2 atom stereocenters. The van der Waals surface area contributed by atoms with E-state index in [-0.39, 0.29) is 25.3 Å². The number of benzene rings is 1. The zero-order valence-electron chi connectivity index (χ0n) is 16.3. The molecule has 1 fully saturated rings. The summed E-state index contributed by atoms with van der Waals surface area (Å²) in [6, 6.07) is 4.49. The third-order valence-corrected chi connectivity index (χ3v) is 4.83. The number of likely N-dealkylation sites (tertiary alicyclic amines) is 1. The Morgan fingerprint density at radius 3 is 2.57 bits per heavy atom. The molecule has 7 nitrogen and oxygen atoms in total. The Bertz CT molecular complexity index is 743. The topological polar surface area (TPSA) is 99.1 Å². The first-order valence-electron chi connectivity index (χ1n) is 9.51. The molecule has 1 heterocycles. The summed E-state index contributed by atoms with van der Waals surface area (Å²) in [6.45, 7) is 4.18. The second kappa shape index (κ2) is 10.5. The molecule has 1 saturated heterocycles. The van der Waals surface area contributed by atoms with Crippen molar-refractivity contribution in [2.75, 3.05) is 13.1 Å². The number of hydrogen-bond donors (Lipinski definition) is 3. The minimum atomic E-state index is -4.43. The fraction of sp³-hybridized carbons (Fsp3) is 0.474. The first kappa shape index (κ1) is 23.8. The van der Waals surface area contributed by atoms with Crippen molar-refractivity contribution < 1.29 is 37.5 Å². The fourth-order valence-electron chi connectivity index (χ4n) is 3.18. The highest BCUT2D eigenvalue weighted by Crippen LogP contribution is 2.29. The summed E-state index contributed by atoms with van der Waals surface area (Å²) in [5.41, 5.74) is -0.224. The summed E-state index contributed by atoms with van der Waals surface area (Å²) in [5, 5.41) is 21.4. The number of alkyl halides is 3. The Balaban J connectivity index is 1.86. The van der Waals surface area contributed by atoms with Crippen molar-refractivity contribution in [1.29, 1.82) is 0 Å². The Labute approximate surface area is 172 Å². The number of aryl methyl sites for hydroxylation is 1. The second-order valence-corrected chi connectivity index (χ2v) is 7.06. The standard InChI is InChI=1S/C19H24BF3N2O5/c1-2-17(26)25-11-3-4-15(12-25)30-18(27)24-16(20(28)29)10-7-13-5-8-14(9-6-13)19(21,22)23/h2,5-6,8-9,15-16,28-29H,1,3-4,7,10-12H2,(H,24,27)/t15-,16-/m0/s1. The molecule has 0 saturated carbocycles. The van der Waals surface area contributed by atoms with E-state index in [1.807, 2.05) is 0 Å². The SMILES string of the molecule is C=CC(=O)N1CCC[C@H](OC(=O)N[C@@H](CCc2ccc(C(F)(F)F)cc2)B(O)O)C1. The molecular formula is C19H24BF3N2O5. The maximum absolute atomic E-state index is 12.6. The molecule has 164 valence electrons. The molecule has 1 aliphatic rings. The van der Waals surface area contributed by atoms with Gasteiger partial charge in [0.1, 0.15) is 6.10 Å². The number of carbonyl (C=O) groups excluding carboxylic acids is 2. The molecule has 0 unspecified atom stereocenters. The van der Waals surface area contributed by atoms with Crippen molar-refractivity contribution >= 4 is 19.1 Å². The number of alkyl carbamates (subject to hydrolysis) is 1. The quantitative estimate of drug-likeness (QED) is 0.456. The summed E-state index contributed by atoms with van der Waals surface area (Å²) in [7, 11) is -1.88. The summed E-state index contributed by atoms with van der Waals surface area (Å²) in [4.78, 5) is 25.3. The molecule has 0 spiro atoms. The summed E-state index contributed by atoms with van der Waals surface area (Å²) >= 11 is 0. The van der Waals surface area contributed by atoms with Crippen LogP contribution < -0.4 is 5.32 Å². The highest BCUT2D eigenvalue weighted by Gasteiger charge is 2.31. The Kier molecular flexibility index (Phi) is 8.30. The van der Waals surface area contributed by atoms with Crippen molar-refractivity contribution in [2.24, 2.45) is 0 Å². The molecule has 2 rings (SSSR count). The predicted molar refractivity (Wildman–Crippen MR) is 103 cm³/mol. The summed E-state index contributed by atoms with van der Waals surface area (Å²) in [6.07, 6.45) is -3.15. The first-order chi connectivity index (χ1) is 14.1. The van der Waals surface area contributed by atoms with E-state index in [1.165, 1.54) is 23.1 Å². The average molecular weight is 428 g/mol. The smallest absolute Gasteiger partial charge is 0.444 e. The molecule has 0 aliphatic carbocycles. The highest BCUT2D eigenvalue weighted by atomic mass is 19.4. The van der Waals surface area contributed by atoms with E-state index in [0.717, 1.165) is 12.1 Å². The molecule has 30 heavy (non-hydrogen) atoms. The molecule has 0 aromatic heterocycles. The predicted octanol–water partition coefficient (Wildman–Crippen LogP) is 1.92. The molecule has 1 aromatic carbocycles. The fourth-order valence-corrected chi connectivity index (χ4v) is 3.18. The summed E-state index contributed by atoms with van der Waals surface area (Å²) in [5.74, 6) is -1.33. The van der Waals surface area contributed by atoms with Crippen LogP contribution >= 0.6 is 0 Å². The van der Waals surface area contributed by atoms with Gasteiger partial charge in [-0.15, -0.1) is 0 Å². The van der Waals surface area contributed by atoms with Gasteiger partial charge < -0.3 is 25.0 Å². The van der Waals surface area contributed by atoms with E-state index in [2.05, 4.69) is 11.9 Å². The molecule has 11 heteroatoms. The number of carbonyl (C=O) groups is 2. The minimum Gasteiger partial charge on any atom is -0.444 e. The van der Waals surface area contributed by atoms with Crippen LogP contribution in [-0.2, 0) is 22.1 Å². The van der Waals surface area contributed by atoms with Crippen molar-refractivity contribution in [3.8, 4) is 0 Å². The van der Waals surface area contributed by atoms with Crippen molar-refractivity contribution in [2.45, 2.75) is 43.9 Å². The number of halogens is 3. The number of amides is 2.